The lowest BCUT2D eigenvalue weighted by Gasteiger charge is -2.17. The number of hydrazine groups is 1. The molecule has 0 radical (unpaired) electrons. The second-order valence-electron chi connectivity index (χ2n) is 4.30. The van der Waals surface area contributed by atoms with Crippen LogP contribution in [0, 0.1) is 23.3 Å². The van der Waals surface area contributed by atoms with Gasteiger partial charge in [0.05, 0.1) is 6.04 Å². The molecule has 2 nitrogen and oxygen atoms in total. The SMILES string of the molecule is NNC(Cc1cc(F)ccc1F)c1cccc(F)c1F. The summed E-state index contributed by atoms with van der Waals surface area (Å²) >= 11 is 0. The van der Waals surface area contributed by atoms with E-state index in [1.54, 1.807) is 0 Å². The molecule has 0 heterocycles. The zero-order valence-electron chi connectivity index (χ0n) is 10.3. The number of rotatable bonds is 4. The molecule has 0 aliphatic heterocycles. The molecule has 0 amide bonds. The monoisotopic (exact) mass is 284 g/mol. The van der Waals surface area contributed by atoms with Crippen LogP contribution in [0.3, 0.4) is 0 Å². The smallest absolute Gasteiger partial charge is 0.163 e. The highest BCUT2D eigenvalue weighted by atomic mass is 19.2. The van der Waals surface area contributed by atoms with Crippen molar-refractivity contribution in [3.8, 4) is 0 Å². The second kappa shape index (κ2) is 6.02. The third-order valence-electron chi connectivity index (χ3n) is 2.99. The average molecular weight is 284 g/mol. The van der Waals surface area contributed by atoms with Gasteiger partial charge in [-0.3, -0.25) is 11.3 Å². The Morgan fingerprint density at radius 3 is 2.45 bits per heavy atom. The van der Waals surface area contributed by atoms with Gasteiger partial charge in [0.25, 0.3) is 0 Å². The Balaban J connectivity index is 2.34. The summed E-state index contributed by atoms with van der Waals surface area (Å²) in [4.78, 5) is 0. The molecule has 0 aliphatic rings. The number of halogens is 4. The van der Waals surface area contributed by atoms with E-state index < -0.39 is 29.3 Å². The number of hydrogen-bond acceptors (Lipinski definition) is 2. The van der Waals surface area contributed by atoms with E-state index in [1.165, 1.54) is 12.1 Å². The summed E-state index contributed by atoms with van der Waals surface area (Å²) in [7, 11) is 0. The Kier molecular flexibility index (Phi) is 4.36. The van der Waals surface area contributed by atoms with E-state index in [9.17, 15) is 17.6 Å². The lowest BCUT2D eigenvalue weighted by atomic mass is 9.98. The maximum atomic E-state index is 13.7. The van der Waals surface area contributed by atoms with Gasteiger partial charge in [-0.15, -0.1) is 0 Å². The van der Waals surface area contributed by atoms with E-state index in [2.05, 4.69) is 5.43 Å². The first-order chi connectivity index (χ1) is 9.52. The highest BCUT2D eigenvalue weighted by molar-refractivity contribution is 5.27. The average Bonchev–Trinajstić information content (AvgIpc) is 2.43. The Hall–Kier alpha value is -1.92. The van der Waals surface area contributed by atoms with Gasteiger partial charge in [-0.05, 0) is 36.2 Å². The quantitative estimate of drug-likeness (QED) is 0.514. The van der Waals surface area contributed by atoms with Crippen molar-refractivity contribution in [2.45, 2.75) is 12.5 Å². The Morgan fingerprint density at radius 1 is 1.00 bits per heavy atom. The minimum Gasteiger partial charge on any atom is -0.271 e. The van der Waals surface area contributed by atoms with E-state index in [0.717, 1.165) is 24.3 Å². The zero-order valence-corrected chi connectivity index (χ0v) is 10.3. The van der Waals surface area contributed by atoms with Crippen LogP contribution in [0.15, 0.2) is 36.4 Å². The molecular weight excluding hydrogens is 272 g/mol. The van der Waals surface area contributed by atoms with Crippen LogP contribution in [0.25, 0.3) is 0 Å². The largest absolute Gasteiger partial charge is 0.271 e. The van der Waals surface area contributed by atoms with Crippen molar-refractivity contribution >= 4 is 0 Å². The van der Waals surface area contributed by atoms with E-state index in [1.807, 2.05) is 0 Å². The summed E-state index contributed by atoms with van der Waals surface area (Å²) in [6.45, 7) is 0. The first-order valence-corrected chi connectivity index (χ1v) is 5.87. The molecule has 0 saturated heterocycles. The molecule has 6 heteroatoms. The third-order valence-corrected chi connectivity index (χ3v) is 2.99. The van der Waals surface area contributed by atoms with Crippen molar-refractivity contribution in [3.63, 3.8) is 0 Å². The van der Waals surface area contributed by atoms with Crippen molar-refractivity contribution < 1.29 is 17.6 Å². The zero-order chi connectivity index (χ0) is 14.7. The lowest BCUT2D eigenvalue weighted by Crippen LogP contribution is -2.30. The predicted octanol–water partition coefficient (Wildman–Crippen LogP) is 2.99. The summed E-state index contributed by atoms with van der Waals surface area (Å²) in [5, 5.41) is 0. The highest BCUT2D eigenvalue weighted by Gasteiger charge is 2.19. The molecule has 0 bridgehead atoms. The van der Waals surface area contributed by atoms with Crippen molar-refractivity contribution in [2.75, 3.05) is 0 Å². The highest BCUT2D eigenvalue weighted by Crippen LogP contribution is 2.23. The van der Waals surface area contributed by atoms with Crippen molar-refractivity contribution in [2.24, 2.45) is 5.84 Å². The first-order valence-electron chi connectivity index (χ1n) is 5.87. The van der Waals surface area contributed by atoms with Gasteiger partial charge in [0.2, 0.25) is 0 Å². The summed E-state index contributed by atoms with van der Waals surface area (Å²) in [5.41, 5.74) is 2.27. The molecule has 2 rings (SSSR count). The molecule has 0 aliphatic carbocycles. The molecule has 106 valence electrons. The molecule has 20 heavy (non-hydrogen) atoms. The number of nitrogens with one attached hydrogen (secondary N) is 1. The number of nitrogens with two attached hydrogens (primary N) is 1. The van der Waals surface area contributed by atoms with Gasteiger partial charge in [0.1, 0.15) is 11.6 Å². The van der Waals surface area contributed by atoms with Crippen molar-refractivity contribution in [3.05, 3.63) is 70.8 Å². The number of hydrogen-bond donors (Lipinski definition) is 2. The van der Waals surface area contributed by atoms with Crippen molar-refractivity contribution in [1.29, 1.82) is 0 Å². The molecule has 0 aromatic heterocycles. The topological polar surface area (TPSA) is 38.0 Å². The van der Waals surface area contributed by atoms with Gasteiger partial charge >= 0.3 is 0 Å². The molecule has 2 aromatic carbocycles. The standard InChI is InChI=1S/C14H12F4N2/c15-9-4-5-11(16)8(6-9)7-13(20-19)10-2-1-3-12(17)14(10)18/h1-6,13,20H,7,19H2. The normalized spacial score (nSPS) is 12.4. The first kappa shape index (κ1) is 14.5. The van der Waals surface area contributed by atoms with Crippen LogP contribution < -0.4 is 11.3 Å². The van der Waals surface area contributed by atoms with Crippen LogP contribution in [0.1, 0.15) is 17.2 Å². The van der Waals surface area contributed by atoms with E-state index in [4.69, 9.17) is 5.84 Å². The van der Waals surface area contributed by atoms with Gasteiger partial charge in [0.15, 0.2) is 11.6 Å². The van der Waals surface area contributed by atoms with Crippen LogP contribution in [0.4, 0.5) is 17.6 Å². The number of benzene rings is 2. The van der Waals surface area contributed by atoms with Crippen LogP contribution in [-0.2, 0) is 6.42 Å². The molecule has 0 spiro atoms. The van der Waals surface area contributed by atoms with Crippen LogP contribution in [0.2, 0.25) is 0 Å². The summed E-state index contributed by atoms with van der Waals surface area (Å²) in [6, 6.07) is 5.70. The minimum atomic E-state index is -1.06. The Labute approximate surface area is 113 Å². The van der Waals surface area contributed by atoms with E-state index >= 15 is 0 Å². The maximum Gasteiger partial charge on any atom is 0.163 e. The second-order valence-corrected chi connectivity index (χ2v) is 4.30. The van der Waals surface area contributed by atoms with E-state index in [0.29, 0.717) is 0 Å². The van der Waals surface area contributed by atoms with Gasteiger partial charge in [-0.25, -0.2) is 17.6 Å². The Morgan fingerprint density at radius 2 is 1.75 bits per heavy atom. The van der Waals surface area contributed by atoms with Crippen LogP contribution in [0.5, 0.6) is 0 Å². The molecule has 2 aromatic rings. The predicted molar refractivity (Wildman–Crippen MR) is 66.5 cm³/mol. The van der Waals surface area contributed by atoms with Gasteiger partial charge in [0, 0.05) is 5.56 Å². The fourth-order valence-electron chi connectivity index (χ4n) is 1.97. The molecular formula is C14H12F4N2. The molecule has 0 saturated carbocycles. The molecule has 1 unspecified atom stereocenters. The van der Waals surface area contributed by atoms with Gasteiger partial charge in [-0.2, -0.15) is 0 Å². The molecule has 3 N–H and O–H groups in total. The molecule has 0 fully saturated rings. The van der Waals surface area contributed by atoms with Gasteiger partial charge < -0.3 is 0 Å². The lowest BCUT2D eigenvalue weighted by molar-refractivity contribution is 0.459. The summed E-state index contributed by atoms with van der Waals surface area (Å²) in [5.74, 6) is 1.97. The fourth-order valence-corrected chi connectivity index (χ4v) is 1.97. The summed E-state index contributed by atoms with van der Waals surface area (Å²) < 4.78 is 53.5. The maximum absolute atomic E-state index is 13.7. The van der Waals surface area contributed by atoms with Gasteiger partial charge in [-0.1, -0.05) is 12.1 Å². The fraction of sp³-hybridized carbons (Fsp3) is 0.143. The van der Waals surface area contributed by atoms with E-state index in [-0.39, 0.29) is 17.5 Å². The summed E-state index contributed by atoms with van der Waals surface area (Å²) in [6.07, 6.45) is -0.111. The minimum absolute atomic E-state index is 0.0246. The van der Waals surface area contributed by atoms with Crippen LogP contribution >= 0.6 is 0 Å². The molecule has 1 atom stereocenters. The van der Waals surface area contributed by atoms with Crippen molar-refractivity contribution in [1.82, 2.24) is 5.43 Å². The Bertz CT molecular complexity index is 616. The van der Waals surface area contributed by atoms with Crippen LogP contribution in [-0.4, -0.2) is 0 Å². The third kappa shape index (κ3) is 2.97.